The minimum Gasteiger partial charge on any atom is -0.403 e. The standard InChI is InChI=1S/C9H19BO2S/c1-8(2)9(3,4)12-10(11-8)6-5-7-13/h13H,5-7H2,1-4H3. The van der Waals surface area contributed by atoms with Crippen molar-refractivity contribution in [3.8, 4) is 0 Å². The van der Waals surface area contributed by atoms with Crippen LogP contribution >= 0.6 is 12.6 Å². The second kappa shape index (κ2) is 3.83. The Morgan fingerprint density at radius 3 is 1.92 bits per heavy atom. The van der Waals surface area contributed by atoms with E-state index in [4.69, 9.17) is 9.31 Å². The second-order valence-corrected chi connectivity index (χ2v) is 5.00. The van der Waals surface area contributed by atoms with Crippen molar-refractivity contribution >= 4 is 19.7 Å². The van der Waals surface area contributed by atoms with Gasteiger partial charge in [-0.05, 0) is 46.2 Å². The zero-order valence-corrected chi connectivity index (χ0v) is 9.86. The first-order chi connectivity index (χ1) is 5.89. The van der Waals surface area contributed by atoms with E-state index in [1.807, 2.05) is 0 Å². The fourth-order valence-corrected chi connectivity index (χ4v) is 1.52. The van der Waals surface area contributed by atoms with Gasteiger partial charge in [0, 0.05) is 0 Å². The van der Waals surface area contributed by atoms with E-state index in [-0.39, 0.29) is 18.3 Å². The molecule has 1 rings (SSSR count). The van der Waals surface area contributed by atoms with E-state index < -0.39 is 0 Å². The van der Waals surface area contributed by atoms with Crippen LogP contribution in [0.25, 0.3) is 0 Å². The lowest BCUT2D eigenvalue weighted by Crippen LogP contribution is -2.41. The summed E-state index contributed by atoms with van der Waals surface area (Å²) < 4.78 is 11.6. The van der Waals surface area contributed by atoms with E-state index in [9.17, 15) is 0 Å². The van der Waals surface area contributed by atoms with Crippen LogP contribution in [-0.2, 0) is 9.31 Å². The third-order valence-corrected chi connectivity index (χ3v) is 3.22. The number of rotatable bonds is 3. The summed E-state index contributed by atoms with van der Waals surface area (Å²) in [6, 6.07) is 0. The Hall–Kier alpha value is 0.335. The summed E-state index contributed by atoms with van der Waals surface area (Å²) in [5.74, 6) is 0.893. The topological polar surface area (TPSA) is 18.5 Å². The van der Waals surface area contributed by atoms with Crippen LogP contribution in [0, 0.1) is 0 Å². The summed E-state index contributed by atoms with van der Waals surface area (Å²) >= 11 is 4.17. The molecular weight excluding hydrogens is 183 g/mol. The molecule has 4 heteroatoms. The van der Waals surface area contributed by atoms with Gasteiger partial charge in [-0.25, -0.2) is 0 Å². The van der Waals surface area contributed by atoms with Crippen molar-refractivity contribution in [2.24, 2.45) is 0 Å². The molecule has 0 aliphatic carbocycles. The molecule has 0 amide bonds. The van der Waals surface area contributed by atoms with Crippen molar-refractivity contribution in [1.82, 2.24) is 0 Å². The molecular formula is C9H19BO2S. The molecule has 1 heterocycles. The largest absolute Gasteiger partial charge is 0.457 e. The van der Waals surface area contributed by atoms with Crippen molar-refractivity contribution in [2.45, 2.75) is 51.6 Å². The molecule has 2 nitrogen and oxygen atoms in total. The van der Waals surface area contributed by atoms with Crippen LogP contribution in [0.5, 0.6) is 0 Å². The van der Waals surface area contributed by atoms with E-state index in [2.05, 4.69) is 40.3 Å². The first-order valence-electron chi connectivity index (χ1n) is 4.85. The zero-order chi connectivity index (χ0) is 10.1. The highest BCUT2D eigenvalue weighted by Gasteiger charge is 2.50. The maximum Gasteiger partial charge on any atom is 0.457 e. The summed E-state index contributed by atoms with van der Waals surface area (Å²) in [4.78, 5) is 0. The van der Waals surface area contributed by atoms with Gasteiger partial charge in [0.25, 0.3) is 0 Å². The molecule has 13 heavy (non-hydrogen) atoms. The zero-order valence-electron chi connectivity index (χ0n) is 8.96. The third kappa shape index (κ3) is 2.42. The summed E-state index contributed by atoms with van der Waals surface area (Å²) in [5, 5.41) is 0. The maximum absolute atomic E-state index is 5.81. The van der Waals surface area contributed by atoms with Crippen LogP contribution in [0.2, 0.25) is 6.32 Å². The van der Waals surface area contributed by atoms with E-state index in [0.717, 1.165) is 18.5 Å². The molecule has 76 valence electrons. The molecule has 0 N–H and O–H groups in total. The Kier molecular flexibility index (Phi) is 3.36. The van der Waals surface area contributed by atoms with Gasteiger partial charge in [0.2, 0.25) is 0 Å². The molecule has 0 aromatic rings. The van der Waals surface area contributed by atoms with E-state index in [0.29, 0.717) is 0 Å². The van der Waals surface area contributed by atoms with Gasteiger partial charge in [-0.2, -0.15) is 12.6 Å². The molecule has 0 radical (unpaired) electrons. The predicted octanol–water partition coefficient (Wildman–Crippen LogP) is 2.40. The van der Waals surface area contributed by atoms with Crippen molar-refractivity contribution in [3.05, 3.63) is 0 Å². The third-order valence-electron chi connectivity index (χ3n) is 2.90. The summed E-state index contributed by atoms with van der Waals surface area (Å²) in [7, 11) is -0.0443. The van der Waals surface area contributed by atoms with Gasteiger partial charge in [-0.15, -0.1) is 0 Å². The van der Waals surface area contributed by atoms with Gasteiger partial charge < -0.3 is 9.31 Å². The molecule has 0 spiro atoms. The van der Waals surface area contributed by atoms with Crippen LogP contribution in [-0.4, -0.2) is 24.1 Å². The van der Waals surface area contributed by atoms with Crippen molar-refractivity contribution in [3.63, 3.8) is 0 Å². The highest BCUT2D eigenvalue weighted by atomic mass is 32.1. The Labute approximate surface area is 86.9 Å². The van der Waals surface area contributed by atoms with Gasteiger partial charge >= 0.3 is 7.12 Å². The van der Waals surface area contributed by atoms with Crippen LogP contribution in [0.1, 0.15) is 34.1 Å². The van der Waals surface area contributed by atoms with Crippen molar-refractivity contribution in [2.75, 3.05) is 5.75 Å². The number of hydrogen-bond donors (Lipinski definition) is 1. The lowest BCUT2D eigenvalue weighted by atomic mass is 9.83. The molecule has 0 saturated carbocycles. The lowest BCUT2D eigenvalue weighted by molar-refractivity contribution is 0.00578. The second-order valence-electron chi connectivity index (χ2n) is 4.55. The quantitative estimate of drug-likeness (QED) is 0.559. The van der Waals surface area contributed by atoms with E-state index >= 15 is 0 Å². The molecule has 1 aliphatic rings. The highest BCUT2D eigenvalue weighted by molar-refractivity contribution is 7.80. The summed E-state index contributed by atoms with van der Waals surface area (Å²) in [5.41, 5.74) is -0.372. The van der Waals surface area contributed by atoms with Gasteiger partial charge in [0.15, 0.2) is 0 Å². The Balaban J connectivity index is 2.50. The smallest absolute Gasteiger partial charge is 0.403 e. The molecule has 1 saturated heterocycles. The normalized spacial score (nSPS) is 25.2. The Morgan fingerprint density at radius 1 is 1.08 bits per heavy atom. The summed E-state index contributed by atoms with van der Waals surface area (Å²) in [6.07, 6.45) is 1.98. The Morgan fingerprint density at radius 2 is 1.54 bits per heavy atom. The molecule has 0 atom stereocenters. The predicted molar refractivity (Wildman–Crippen MR) is 59.4 cm³/mol. The van der Waals surface area contributed by atoms with Crippen LogP contribution in [0.15, 0.2) is 0 Å². The molecule has 0 bridgehead atoms. The van der Waals surface area contributed by atoms with Gasteiger partial charge in [-0.1, -0.05) is 0 Å². The van der Waals surface area contributed by atoms with E-state index in [1.165, 1.54) is 0 Å². The van der Waals surface area contributed by atoms with E-state index in [1.54, 1.807) is 0 Å². The molecule has 0 unspecified atom stereocenters. The number of thiol groups is 1. The van der Waals surface area contributed by atoms with Crippen molar-refractivity contribution in [1.29, 1.82) is 0 Å². The maximum atomic E-state index is 5.81. The first-order valence-corrected chi connectivity index (χ1v) is 5.49. The van der Waals surface area contributed by atoms with Gasteiger partial charge in [0.1, 0.15) is 0 Å². The molecule has 1 aliphatic heterocycles. The van der Waals surface area contributed by atoms with Crippen LogP contribution in [0.3, 0.4) is 0 Å². The average molecular weight is 202 g/mol. The highest BCUT2D eigenvalue weighted by Crippen LogP contribution is 2.37. The fourth-order valence-electron chi connectivity index (χ4n) is 1.34. The van der Waals surface area contributed by atoms with Crippen LogP contribution < -0.4 is 0 Å². The van der Waals surface area contributed by atoms with Crippen LogP contribution in [0.4, 0.5) is 0 Å². The van der Waals surface area contributed by atoms with Crippen molar-refractivity contribution < 1.29 is 9.31 Å². The average Bonchev–Trinajstić information content (AvgIpc) is 2.17. The summed E-state index contributed by atoms with van der Waals surface area (Å²) in [6.45, 7) is 8.31. The minimum absolute atomic E-state index is 0.0443. The molecule has 0 aromatic carbocycles. The monoisotopic (exact) mass is 202 g/mol. The SMILES string of the molecule is CC1(C)OB(CCCS)OC1(C)C. The van der Waals surface area contributed by atoms with Gasteiger partial charge in [0.05, 0.1) is 11.2 Å². The van der Waals surface area contributed by atoms with Gasteiger partial charge in [-0.3, -0.25) is 0 Å². The Bertz CT molecular complexity index is 166. The fraction of sp³-hybridized carbons (Fsp3) is 1.00. The lowest BCUT2D eigenvalue weighted by Gasteiger charge is -2.32. The number of hydrogen-bond acceptors (Lipinski definition) is 3. The molecule has 0 aromatic heterocycles. The molecule has 1 fully saturated rings. The first kappa shape index (κ1) is 11.4. The minimum atomic E-state index is -0.186.